The predicted molar refractivity (Wildman–Crippen MR) is 83.0 cm³/mol. The molecule has 1 aromatic carbocycles. The first-order valence-corrected chi connectivity index (χ1v) is 7.66. The average Bonchev–Trinajstić information content (AvgIpc) is 2.55. The third-order valence-electron chi connectivity index (χ3n) is 3.81. The molecule has 0 spiro atoms. The lowest BCUT2D eigenvalue weighted by Crippen LogP contribution is -2.45. The van der Waals surface area contributed by atoms with Gasteiger partial charge in [0.25, 0.3) is 0 Å². The topological polar surface area (TPSA) is 61.4 Å². The smallest absolute Gasteiger partial charge is 0.321 e. The number of amides is 3. The largest absolute Gasteiger partial charge is 0.356 e. The first-order chi connectivity index (χ1) is 10.6. The normalized spacial score (nSPS) is 17.9. The second-order valence-electron chi connectivity index (χ2n) is 5.55. The molecule has 5 nitrogen and oxygen atoms in total. The number of anilines is 1. The molecule has 1 atom stereocenters. The quantitative estimate of drug-likeness (QED) is 0.898. The number of nitrogens with zero attached hydrogens (tertiary/aromatic N) is 1. The molecule has 1 aliphatic heterocycles. The van der Waals surface area contributed by atoms with E-state index in [4.69, 9.17) is 0 Å². The summed E-state index contributed by atoms with van der Waals surface area (Å²) in [5.41, 5.74) is 0.577. The second kappa shape index (κ2) is 7.77. The molecule has 0 radical (unpaired) electrons. The first kappa shape index (κ1) is 16.3. The number of halogens is 1. The van der Waals surface area contributed by atoms with Gasteiger partial charge in [-0.1, -0.05) is 6.92 Å². The van der Waals surface area contributed by atoms with Crippen molar-refractivity contribution in [2.75, 3.05) is 25.0 Å². The molecule has 1 heterocycles. The Hall–Kier alpha value is -2.11. The molecule has 0 aromatic heterocycles. The highest BCUT2D eigenvalue weighted by molar-refractivity contribution is 5.89. The van der Waals surface area contributed by atoms with E-state index < -0.39 is 0 Å². The number of nitrogens with one attached hydrogen (secondary N) is 2. The summed E-state index contributed by atoms with van der Waals surface area (Å²) < 4.78 is 12.9. The number of rotatable bonds is 4. The van der Waals surface area contributed by atoms with Crippen LogP contribution in [0.2, 0.25) is 0 Å². The van der Waals surface area contributed by atoms with Crippen LogP contribution in [0.15, 0.2) is 24.3 Å². The maximum Gasteiger partial charge on any atom is 0.321 e. The SMILES string of the molecule is CCC(=O)NCC1CCCN(C(=O)Nc2ccc(F)cc2)C1. The van der Waals surface area contributed by atoms with Crippen molar-refractivity contribution in [3.05, 3.63) is 30.1 Å². The van der Waals surface area contributed by atoms with Gasteiger partial charge in [-0.15, -0.1) is 0 Å². The minimum absolute atomic E-state index is 0.0351. The minimum atomic E-state index is -0.331. The Labute approximate surface area is 129 Å². The summed E-state index contributed by atoms with van der Waals surface area (Å²) in [7, 11) is 0. The summed E-state index contributed by atoms with van der Waals surface area (Å²) in [6.45, 7) is 3.74. The number of hydrogen-bond donors (Lipinski definition) is 2. The zero-order valence-corrected chi connectivity index (χ0v) is 12.8. The van der Waals surface area contributed by atoms with Crippen molar-refractivity contribution in [3.63, 3.8) is 0 Å². The summed E-state index contributed by atoms with van der Waals surface area (Å²) in [6, 6.07) is 5.52. The lowest BCUT2D eigenvalue weighted by Gasteiger charge is -2.32. The lowest BCUT2D eigenvalue weighted by atomic mass is 9.98. The maximum absolute atomic E-state index is 12.9. The molecule has 2 N–H and O–H groups in total. The third-order valence-corrected chi connectivity index (χ3v) is 3.81. The van der Waals surface area contributed by atoms with Crippen LogP contribution in [0.5, 0.6) is 0 Å². The number of hydrogen-bond acceptors (Lipinski definition) is 2. The molecule has 22 heavy (non-hydrogen) atoms. The second-order valence-corrected chi connectivity index (χ2v) is 5.55. The molecule has 3 amide bonds. The Bertz CT molecular complexity index is 519. The van der Waals surface area contributed by atoms with E-state index >= 15 is 0 Å². The summed E-state index contributed by atoms with van der Waals surface area (Å²) in [6.07, 6.45) is 2.40. The molecular formula is C16H22FN3O2. The molecule has 6 heteroatoms. The van der Waals surface area contributed by atoms with Crippen LogP contribution in [0.4, 0.5) is 14.9 Å². The van der Waals surface area contributed by atoms with Gasteiger partial charge in [0.05, 0.1) is 0 Å². The van der Waals surface area contributed by atoms with Gasteiger partial charge in [-0.2, -0.15) is 0 Å². The average molecular weight is 307 g/mol. The molecule has 2 rings (SSSR count). The number of piperidine rings is 1. The van der Waals surface area contributed by atoms with Crippen molar-refractivity contribution >= 4 is 17.6 Å². The summed E-state index contributed by atoms with van der Waals surface area (Å²) in [5.74, 6) is -0.0150. The van der Waals surface area contributed by atoms with Gasteiger partial charge in [0, 0.05) is 31.7 Å². The number of benzene rings is 1. The molecule has 1 aromatic rings. The maximum atomic E-state index is 12.9. The fraction of sp³-hybridized carbons (Fsp3) is 0.500. The number of carbonyl (C=O) groups is 2. The summed E-state index contributed by atoms with van der Waals surface area (Å²) in [4.78, 5) is 25.3. The zero-order valence-electron chi connectivity index (χ0n) is 12.8. The summed E-state index contributed by atoms with van der Waals surface area (Å²) in [5, 5.41) is 5.65. The molecule has 1 saturated heterocycles. The summed E-state index contributed by atoms with van der Waals surface area (Å²) >= 11 is 0. The Morgan fingerprint density at radius 2 is 2.05 bits per heavy atom. The van der Waals surface area contributed by atoms with E-state index in [1.54, 1.807) is 4.90 Å². The van der Waals surface area contributed by atoms with E-state index in [1.165, 1.54) is 24.3 Å². The minimum Gasteiger partial charge on any atom is -0.356 e. The van der Waals surface area contributed by atoms with Crippen molar-refractivity contribution in [1.82, 2.24) is 10.2 Å². The van der Waals surface area contributed by atoms with Crippen molar-refractivity contribution < 1.29 is 14.0 Å². The first-order valence-electron chi connectivity index (χ1n) is 7.66. The van der Waals surface area contributed by atoms with Gasteiger partial charge < -0.3 is 15.5 Å². The van der Waals surface area contributed by atoms with Crippen LogP contribution < -0.4 is 10.6 Å². The highest BCUT2D eigenvalue weighted by Gasteiger charge is 2.23. The van der Waals surface area contributed by atoms with E-state index in [0.717, 1.165) is 12.8 Å². The highest BCUT2D eigenvalue weighted by atomic mass is 19.1. The molecule has 1 aliphatic rings. The van der Waals surface area contributed by atoms with Gasteiger partial charge in [0.2, 0.25) is 5.91 Å². The van der Waals surface area contributed by atoms with Crippen LogP contribution in [0.25, 0.3) is 0 Å². The molecule has 1 fully saturated rings. The molecule has 0 aliphatic carbocycles. The lowest BCUT2D eigenvalue weighted by molar-refractivity contribution is -0.121. The number of urea groups is 1. The predicted octanol–water partition coefficient (Wildman–Crippen LogP) is 2.60. The van der Waals surface area contributed by atoms with Crippen LogP contribution in [0.3, 0.4) is 0 Å². The van der Waals surface area contributed by atoms with Crippen molar-refractivity contribution in [1.29, 1.82) is 0 Å². The van der Waals surface area contributed by atoms with Crippen LogP contribution in [0.1, 0.15) is 26.2 Å². The third kappa shape index (κ3) is 4.72. The number of likely N-dealkylation sites (tertiary alicyclic amines) is 1. The van der Waals surface area contributed by atoms with E-state index in [0.29, 0.717) is 31.7 Å². The van der Waals surface area contributed by atoms with Crippen LogP contribution in [-0.4, -0.2) is 36.5 Å². The van der Waals surface area contributed by atoms with Crippen LogP contribution in [-0.2, 0) is 4.79 Å². The van der Waals surface area contributed by atoms with Crippen molar-refractivity contribution in [2.24, 2.45) is 5.92 Å². The van der Waals surface area contributed by atoms with Gasteiger partial charge in [0.1, 0.15) is 5.82 Å². The van der Waals surface area contributed by atoms with E-state index in [2.05, 4.69) is 10.6 Å². The van der Waals surface area contributed by atoms with Gasteiger partial charge in [-0.05, 0) is 43.0 Å². The van der Waals surface area contributed by atoms with E-state index in [9.17, 15) is 14.0 Å². The van der Waals surface area contributed by atoms with Crippen LogP contribution in [0, 0.1) is 11.7 Å². The molecular weight excluding hydrogens is 285 g/mol. The Kier molecular flexibility index (Phi) is 5.75. The molecule has 0 saturated carbocycles. The Morgan fingerprint density at radius 3 is 2.73 bits per heavy atom. The van der Waals surface area contributed by atoms with Crippen molar-refractivity contribution in [2.45, 2.75) is 26.2 Å². The van der Waals surface area contributed by atoms with Gasteiger partial charge in [-0.3, -0.25) is 4.79 Å². The fourth-order valence-corrected chi connectivity index (χ4v) is 2.54. The van der Waals surface area contributed by atoms with Crippen LogP contribution >= 0.6 is 0 Å². The zero-order chi connectivity index (χ0) is 15.9. The monoisotopic (exact) mass is 307 g/mol. The Morgan fingerprint density at radius 1 is 1.32 bits per heavy atom. The highest BCUT2D eigenvalue weighted by Crippen LogP contribution is 2.17. The molecule has 120 valence electrons. The van der Waals surface area contributed by atoms with E-state index in [1.807, 2.05) is 6.92 Å². The van der Waals surface area contributed by atoms with E-state index in [-0.39, 0.29) is 23.7 Å². The van der Waals surface area contributed by atoms with Crippen molar-refractivity contribution in [3.8, 4) is 0 Å². The standard InChI is InChI=1S/C16H22FN3O2/c1-2-15(21)18-10-12-4-3-9-20(11-12)16(22)19-14-7-5-13(17)6-8-14/h5-8,12H,2-4,9-11H2,1H3,(H,18,21)(H,19,22). The number of carbonyl (C=O) groups excluding carboxylic acids is 2. The van der Waals surface area contributed by atoms with Gasteiger partial charge in [0.15, 0.2) is 0 Å². The van der Waals surface area contributed by atoms with Gasteiger partial charge >= 0.3 is 6.03 Å². The Balaban J connectivity index is 1.84. The fourth-order valence-electron chi connectivity index (χ4n) is 2.54. The molecule has 1 unspecified atom stereocenters. The molecule has 0 bridgehead atoms. The van der Waals surface area contributed by atoms with Gasteiger partial charge in [-0.25, -0.2) is 9.18 Å².